The van der Waals surface area contributed by atoms with Gasteiger partial charge in [0, 0.05) is 19.1 Å². The number of likely N-dealkylation sites (tertiary alicyclic amines) is 1. The molecule has 0 amide bonds. The first kappa shape index (κ1) is 12.9. The predicted octanol–water partition coefficient (Wildman–Crippen LogP) is 2.04. The third-order valence-corrected chi connectivity index (χ3v) is 3.16. The summed E-state index contributed by atoms with van der Waals surface area (Å²) < 4.78 is 5.63. The number of hydrogen-bond donors (Lipinski definition) is 1. The lowest BCUT2D eigenvalue weighted by Crippen LogP contribution is -2.28. The largest absolute Gasteiger partial charge is 0.494 e. The molecule has 18 heavy (non-hydrogen) atoms. The quantitative estimate of drug-likeness (QED) is 0.637. The molecule has 4 nitrogen and oxygen atoms in total. The summed E-state index contributed by atoms with van der Waals surface area (Å²) in [5.74, 6) is 0.834. The molecule has 4 heteroatoms. The summed E-state index contributed by atoms with van der Waals surface area (Å²) >= 11 is 0. The van der Waals surface area contributed by atoms with Gasteiger partial charge in [0.2, 0.25) is 0 Å². The van der Waals surface area contributed by atoms with Crippen LogP contribution in [0.1, 0.15) is 12.8 Å². The summed E-state index contributed by atoms with van der Waals surface area (Å²) in [5, 5.41) is 0. The molecule has 0 bridgehead atoms. The highest BCUT2D eigenvalue weighted by atomic mass is 16.5. The molecule has 96 valence electrons. The van der Waals surface area contributed by atoms with Gasteiger partial charge >= 0.3 is 0 Å². The monoisotopic (exact) mass is 245 g/mol. The van der Waals surface area contributed by atoms with Crippen LogP contribution in [-0.2, 0) is 0 Å². The molecule has 1 atom stereocenters. The molecule has 2 N–H and O–H groups in total. The van der Waals surface area contributed by atoms with Crippen LogP contribution in [0.15, 0.2) is 24.3 Å². The van der Waals surface area contributed by atoms with Crippen molar-refractivity contribution < 1.29 is 4.74 Å². The molecule has 0 saturated carbocycles. The van der Waals surface area contributed by atoms with Crippen molar-refractivity contribution in [2.45, 2.75) is 18.9 Å². The van der Waals surface area contributed by atoms with Gasteiger partial charge in [-0.2, -0.15) is 0 Å². The van der Waals surface area contributed by atoms with Crippen molar-refractivity contribution in [1.82, 2.24) is 4.90 Å². The molecule has 1 aromatic rings. The molecule has 1 saturated heterocycles. The van der Waals surface area contributed by atoms with Crippen molar-refractivity contribution in [3.8, 4) is 5.75 Å². The second-order valence-electron chi connectivity index (χ2n) is 4.66. The third kappa shape index (κ3) is 3.73. The molecule has 1 heterocycles. The highest BCUT2D eigenvalue weighted by molar-refractivity contribution is 5.46. The second-order valence-corrected chi connectivity index (χ2v) is 4.66. The van der Waals surface area contributed by atoms with Gasteiger partial charge in [-0.1, -0.05) is 12.1 Å². The van der Waals surface area contributed by atoms with Crippen molar-refractivity contribution in [1.29, 1.82) is 0 Å². The number of nitrogens with zero attached hydrogens (tertiary/aromatic N) is 2. The van der Waals surface area contributed by atoms with Gasteiger partial charge in [0.1, 0.15) is 5.75 Å². The molecule has 1 aliphatic rings. The Balaban J connectivity index is 1.64. The van der Waals surface area contributed by atoms with E-state index in [0.717, 1.165) is 38.2 Å². The molecular formula is C14H19N3O. The van der Waals surface area contributed by atoms with Gasteiger partial charge in [0.25, 0.3) is 0 Å². The lowest BCUT2D eigenvalue weighted by atomic mass is 10.3. The summed E-state index contributed by atoms with van der Waals surface area (Å²) in [6, 6.07) is 7.61. The van der Waals surface area contributed by atoms with Gasteiger partial charge in [0.05, 0.1) is 13.2 Å². The van der Waals surface area contributed by atoms with E-state index in [4.69, 9.17) is 17.0 Å². The number of rotatable bonds is 5. The first-order valence-electron chi connectivity index (χ1n) is 6.36. The number of nitrogens with two attached hydrogens (primary N) is 1. The predicted molar refractivity (Wildman–Crippen MR) is 71.8 cm³/mol. The lowest BCUT2D eigenvalue weighted by molar-refractivity contribution is 0.262. The molecule has 1 fully saturated rings. The molecule has 1 unspecified atom stereocenters. The Morgan fingerprint density at radius 2 is 2.17 bits per heavy atom. The third-order valence-electron chi connectivity index (χ3n) is 3.16. The first-order chi connectivity index (χ1) is 8.78. The highest BCUT2D eigenvalue weighted by Gasteiger charge is 2.17. The van der Waals surface area contributed by atoms with Crippen LogP contribution >= 0.6 is 0 Å². The van der Waals surface area contributed by atoms with Gasteiger partial charge in [-0.05, 0) is 31.5 Å². The van der Waals surface area contributed by atoms with E-state index in [9.17, 15) is 0 Å². The minimum atomic E-state index is 0.354. The SMILES string of the molecule is [C-]#[N+]c1ccc(OCCCN2CCC(N)C2)cc1. The van der Waals surface area contributed by atoms with E-state index in [-0.39, 0.29) is 0 Å². The van der Waals surface area contributed by atoms with E-state index >= 15 is 0 Å². The van der Waals surface area contributed by atoms with Crippen molar-refractivity contribution in [3.05, 3.63) is 35.7 Å². The average Bonchev–Trinajstić information content (AvgIpc) is 2.81. The van der Waals surface area contributed by atoms with Gasteiger partial charge in [-0.3, -0.25) is 0 Å². The zero-order valence-corrected chi connectivity index (χ0v) is 10.5. The number of hydrogen-bond acceptors (Lipinski definition) is 3. The van der Waals surface area contributed by atoms with Gasteiger partial charge in [-0.15, -0.1) is 0 Å². The summed E-state index contributed by atoms with van der Waals surface area (Å²) in [5.41, 5.74) is 6.50. The van der Waals surface area contributed by atoms with Crippen molar-refractivity contribution in [3.63, 3.8) is 0 Å². The van der Waals surface area contributed by atoms with Crippen LogP contribution in [0, 0.1) is 6.57 Å². The molecule has 2 rings (SSSR count). The van der Waals surface area contributed by atoms with Crippen LogP contribution in [0.3, 0.4) is 0 Å². The molecule has 0 aliphatic carbocycles. The second kappa shape index (κ2) is 6.39. The van der Waals surface area contributed by atoms with Gasteiger partial charge in [0.15, 0.2) is 5.69 Å². The Morgan fingerprint density at radius 1 is 1.39 bits per heavy atom. The van der Waals surface area contributed by atoms with Gasteiger partial charge in [-0.25, -0.2) is 4.85 Å². The van der Waals surface area contributed by atoms with Crippen molar-refractivity contribution >= 4 is 5.69 Å². The Labute approximate surface area is 108 Å². The first-order valence-corrected chi connectivity index (χ1v) is 6.36. The van der Waals surface area contributed by atoms with Gasteiger partial charge < -0.3 is 15.4 Å². The van der Waals surface area contributed by atoms with Crippen LogP contribution < -0.4 is 10.5 Å². The number of benzene rings is 1. The molecule has 0 aromatic heterocycles. The maximum absolute atomic E-state index is 6.86. The van der Waals surface area contributed by atoms with E-state index in [1.807, 2.05) is 12.1 Å². The van der Waals surface area contributed by atoms with Crippen LogP contribution in [0.2, 0.25) is 0 Å². The van der Waals surface area contributed by atoms with Crippen LogP contribution in [-0.4, -0.2) is 37.2 Å². The van der Waals surface area contributed by atoms with Crippen molar-refractivity contribution in [2.75, 3.05) is 26.2 Å². The van der Waals surface area contributed by atoms with E-state index in [0.29, 0.717) is 18.3 Å². The Morgan fingerprint density at radius 3 is 2.78 bits per heavy atom. The molecule has 1 aliphatic heterocycles. The average molecular weight is 245 g/mol. The molecule has 0 spiro atoms. The number of ether oxygens (including phenoxy) is 1. The van der Waals surface area contributed by atoms with E-state index < -0.39 is 0 Å². The topological polar surface area (TPSA) is 42.8 Å². The summed E-state index contributed by atoms with van der Waals surface area (Å²) in [6.07, 6.45) is 2.12. The highest BCUT2D eigenvalue weighted by Crippen LogP contribution is 2.18. The summed E-state index contributed by atoms with van der Waals surface area (Å²) in [7, 11) is 0. The molecule has 1 aromatic carbocycles. The summed E-state index contributed by atoms with van der Waals surface area (Å²) in [6.45, 7) is 10.7. The fourth-order valence-corrected chi connectivity index (χ4v) is 2.16. The molecule has 0 radical (unpaired) electrons. The Hall–Kier alpha value is -1.57. The Kier molecular flexibility index (Phi) is 4.57. The molecular weight excluding hydrogens is 226 g/mol. The van der Waals surface area contributed by atoms with E-state index in [1.54, 1.807) is 12.1 Å². The van der Waals surface area contributed by atoms with Crippen molar-refractivity contribution in [2.24, 2.45) is 5.73 Å². The maximum Gasteiger partial charge on any atom is 0.187 e. The summed E-state index contributed by atoms with van der Waals surface area (Å²) in [4.78, 5) is 5.73. The van der Waals surface area contributed by atoms with E-state index in [1.165, 1.54) is 0 Å². The van der Waals surface area contributed by atoms with Crippen LogP contribution in [0.5, 0.6) is 5.75 Å². The fourth-order valence-electron chi connectivity index (χ4n) is 2.16. The lowest BCUT2D eigenvalue weighted by Gasteiger charge is -2.15. The smallest absolute Gasteiger partial charge is 0.187 e. The normalized spacial score (nSPS) is 19.7. The standard InChI is InChI=1S/C14H19N3O/c1-16-13-3-5-14(6-4-13)18-10-2-8-17-9-7-12(15)11-17/h3-6,12H,2,7-11,15H2. The van der Waals surface area contributed by atoms with Crippen LogP contribution in [0.25, 0.3) is 4.85 Å². The maximum atomic E-state index is 6.86. The van der Waals surface area contributed by atoms with Crippen LogP contribution in [0.4, 0.5) is 5.69 Å². The minimum absolute atomic E-state index is 0.354. The zero-order valence-electron chi connectivity index (χ0n) is 10.5. The zero-order chi connectivity index (χ0) is 12.8. The van der Waals surface area contributed by atoms with E-state index in [2.05, 4.69) is 9.74 Å². The fraction of sp³-hybridized carbons (Fsp3) is 0.500. The Bertz CT molecular complexity index is 410. The minimum Gasteiger partial charge on any atom is -0.494 e.